The Morgan fingerprint density at radius 2 is 2.07 bits per heavy atom. The van der Waals surface area contributed by atoms with E-state index in [4.69, 9.17) is 4.74 Å². The number of aromatic nitrogens is 2. The lowest BCUT2D eigenvalue weighted by atomic mass is 10.1. The smallest absolute Gasteiger partial charge is 0.232 e. The highest BCUT2D eigenvalue weighted by Gasteiger charge is 2.13. The zero-order valence-corrected chi connectivity index (χ0v) is 16.4. The van der Waals surface area contributed by atoms with E-state index in [1.165, 1.54) is 12.3 Å². The van der Waals surface area contributed by atoms with Crippen LogP contribution in [0.25, 0.3) is 11.0 Å². The Bertz CT molecular complexity index is 1020. The summed E-state index contributed by atoms with van der Waals surface area (Å²) < 4.78 is 22.9. The van der Waals surface area contributed by atoms with Crippen LogP contribution in [-0.2, 0) is 0 Å². The molecule has 0 aliphatic heterocycles. The number of hydrogen-bond acceptors (Lipinski definition) is 7. The molecule has 0 bridgehead atoms. The third-order valence-corrected chi connectivity index (χ3v) is 4.82. The van der Waals surface area contributed by atoms with Crippen molar-refractivity contribution in [1.29, 1.82) is 5.26 Å². The van der Waals surface area contributed by atoms with Gasteiger partial charge < -0.3 is 14.8 Å². The monoisotopic (exact) mass is 397 g/mol. The molecule has 144 valence electrons. The van der Waals surface area contributed by atoms with Gasteiger partial charge in [-0.1, -0.05) is 18.9 Å². The van der Waals surface area contributed by atoms with Crippen molar-refractivity contribution in [3.05, 3.63) is 47.9 Å². The van der Waals surface area contributed by atoms with Gasteiger partial charge in [0.05, 0.1) is 29.7 Å². The number of rotatable bonds is 8. The van der Waals surface area contributed by atoms with E-state index in [-0.39, 0.29) is 11.3 Å². The van der Waals surface area contributed by atoms with Crippen molar-refractivity contribution in [2.45, 2.75) is 20.3 Å². The van der Waals surface area contributed by atoms with Gasteiger partial charge in [0.1, 0.15) is 23.0 Å². The Hall–Kier alpha value is -3.05. The minimum absolute atomic E-state index is 0.270. The molecule has 0 spiro atoms. The lowest BCUT2D eigenvalue weighted by molar-refractivity contribution is 0.327. The molecule has 3 rings (SSSR count). The molecule has 0 aliphatic carbocycles. The average Bonchev–Trinajstić information content (AvgIpc) is 2.70. The van der Waals surface area contributed by atoms with Crippen LogP contribution in [-0.4, -0.2) is 22.3 Å². The number of fused-ring (bicyclic) bond motifs is 1. The Balaban J connectivity index is 1.95. The molecule has 2 aromatic carbocycles. The maximum Gasteiger partial charge on any atom is 0.232 e. The van der Waals surface area contributed by atoms with Gasteiger partial charge in [0.25, 0.3) is 0 Å². The van der Waals surface area contributed by atoms with Crippen molar-refractivity contribution in [2.75, 3.05) is 22.4 Å². The summed E-state index contributed by atoms with van der Waals surface area (Å²) in [7, 11) is 0. The Morgan fingerprint density at radius 1 is 1.21 bits per heavy atom. The molecule has 1 heterocycles. The molecule has 2 N–H and O–H groups in total. The first-order valence-electron chi connectivity index (χ1n) is 8.93. The van der Waals surface area contributed by atoms with Gasteiger partial charge in [-0.05, 0) is 43.7 Å². The fraction of sp³-hybridized carbons (Fsp3) is 0.250. The molecule has 0 amide bonds. The van der Waals surface area contributed by atoms with Crippen LogP contribution in [0, 0.1) is 17.1 Å². The molecule has 1 aromatic heterocycles. The number of anilines is 3. The van der Waals surface area contributed by atoms with Crippen molar-refractivity contribution in [3.8, 4) is 11.9 Å². The summed E-state index contributed by atoms with van der Waals surface area (Å²) in [6, 6.07) is 10.3. The van der Waals surface area contributed by atoms with Crippen LogP contribution < -0.4 is 14.8 Å². The number of ether oxygens (including phenoxy) is 1. The summed E-state index contributed by atoms with van der Waals surface area (Å²) in [5, 5.41) is 12.7. The zero-order valence-electron chi connectivity index (χ0n) is 15.6. The average molecular weight is 397 g/mol. The molecular formula is C20H20FN5OS. The van der Waals surface area contributed by atoms with Gasteiger partial charge in [-0.3, -0.25) is 0 Å². The van der Waals surface area contributed by atoms with E-state index in [1.807, 2.05) is 6.92 Å². The number of halogens is 1. The first-order chi connectivity index (χ1) is 13.7. The summed E-state index contributed by atoms with van der Waals surface area (Å²) in [6.07, 6.45) is 2.56. The second kappa shape index (κ2) is 9.24. The van der Waals surface area contributed by atoms with Gasteiger partial charge in [-0.25, -0.2) is 14.4 Å². The van der Waals surface area contributed by atoms with Gasteiger partial charge >= 0.3 is 0 Å². The Kier molecular flexibility index (Phi) is 6.50. The predicted octanol–water partition coefficient (Wildman–Crippen LogP) is 5.25. The van der Waals surface area contributed by atoms with Crippen molar-refractivity contribution in [3.63, 3.8) is 0 Å². The number of nitrogens with one attached hydrogen (secondary N) is 2. The van der Waals surface area contributed by atoms with Crippen molar-refractivity contribution >= 4 is 40.0 Å². The van der Waals surface area contributed by atoms with Gasteiger partial charge in [0, 0.05) is 11.4 Å². The van der Waals surface area contributed by atoms with Gasteiger partial charge in [-0.2, -0.15) is 5.26 Å². The fourth-order valence-corrected chi connectivity index (χ4v) is 3.16. The van der Waals surface area contributed by atoms with Crippen molar-refractivity contribution in [2.24, 2.45) is 0 Å². The van der Waals surface area contributed by atoms with E-state index in [2.05, 4.69) is 33.0 Å². The van der Waals surface area contributed by atoms with E-state index < -0.39 is 5.82 Å². The molecule has 0 atom stereocenters. The second-order valence-electron chi connectivity index (χ2n) is 5.88. The maximum absolute atomic E-state index is 14.3. The molecule has 0 saturated carbocycles. The molecule has 0 aliphatic rings. The van der Waals surface area contributed by atoms with E-state index in [1.54, 1.807) is 36.2 Å². The standard InChI is InChI=1S/C20H20FN5OS/c1-3-9-28-26-13-5-6-15(21)18(10-13)24-16-7-8-17-20(14(16)11-22)25-19(12-23-17)27-4-2/h5-8,10,12,24,26H,3-4,9H2,1-2H3. The van der Waals surface area contributed by atoms with Crippen LogP contribution in [0.5, 0.6) is 5.88 Å². The van der Waals surface area contributed by atoms with Gasteiger partial charge in [0.15, 0.2) is 0 Å². The molecule has 0 radical (unpaired) electrons. The van der Waals surface area contributed by atoms with E-state index in [9.17, 15) is 9.65 Å². The van der Waals surface area contributed by atoms with Crippen LogP contribution in [0.1, 0.15) is 25.8 Å². The van der Waals surface area contributed by atoms with E-state index >= 15 is 0 Å². The third-order valence-electron chi connectivity index (χ3n) is 3.83. The SMILES string of the molecule is CCCSNc1ccc(F)c(Nc2ccc3ncc(OCC)nc3c2C#N)c1. The normalized spacial score (nSPS) is 10.5. The number of benzene rings is 2. The zero-order chi connectivity index (χ0) is 19.9. The molecular weight excluding hydrogens is 377 g/mol. The quantitative estimate of drug-likeness (QED) is 0.396. The first-order valence-corrected chi connectivity index (χ1v) is 9.91. The molecule has 8 heteroatoms. The highest BCUT2D eigenvalue weighted by molar-refractivity contribution is 8.00. The van der Waals surface area contributed by atoms with Crippen molar-refractivity contribution < 1.29 is 9.13 Å². The van der Waals surface area contributed by atoms with Gasteiger partial charge in [-0.15, -0.1) is 0 Å². The first kappa shape index (κ1) is 19.7. The van der Waals surface area contributed by atoms with Gasteiger partial charge in [0.2, 0.25) is 5.88 Å². The summed E-state index contributed by atoms with van der Waals surface area (Å²) in [6.45, 7) is 4.38. The summed E-state index contributed by atoms with van der Waals surface area (Å²) >= 11 is 1.56. The van der Waals surface area contributed by atoms with E-state index in [0.29, 0.717) is 29.2 Å². The molecule has 0 unspecified atom stereocenters. The summed E-state index contributed by atoms with van der Waals surface area (Å²) in [5.74, 6) is 0.877. The largest absolute Gasteiger partial charge is 0.477 e. The lowest BCUT2D eigenvalue weighted by Crippen LogP contribution is -2.01. The van der Waals surface area contributed by atoms with Crippen LogP contribution in [0.2, 0.25) is 0 Å². The summed E-state index contributed by atoms with van der Waals surface area (Å²) in [5.41, 5.74) is 2.76. The van der Waals surface area contributed by atoms with Crippen molar-refractivity contribution in [1.82, 2.24) is 9.97 Å². The Labute approximate surface area is 167 Å². The molecule has 28 heavy (non-hydrogen) atoms. The van der Waals surface area contributed by atoms with Crippen LogP contribution >= 0.6 is 11.9 Å². The van der Waals surface area contributed by atoms with Crippen LogP contribution in [0.3, 0.4) is 0 Å². The number of hydrogen-bond donors (Lipinski definition) is 2. The second-order valence-corrected chi connectivity index (χ2v) is 6.78. The highest BCUT2D eigenvalue weighted by atomic mass is 32.2. The van der Waals surface area contributed by atoms with E-state index in [0.717, 1.165) is 17.9 Å². The minimum atomic E-state index is -0.413. The van der Waals surface area contributed by atoms with Crippen LogP contribution in [0.15, 0.2) is 36.5 Å². The third kappa shape index (κ3) is 4.43. The highest BCUT2D eigenvalue weighted by Crippen LogP contribution is 2.30. The maximum atomic E-state index is 14.3. The molecule has 0 saturated heterocycles. The lowest BCUT2D eigenvalue weighted by Gasteiger charge is -2.13. The Morgan fingerprint density at radius 3 is 2.82 bits per heavy atom. The van der Waals surface area contributed by atoms with Crippen LogP contribution in [0.4, 0.5) is 21.5 Å². The number of nitrogens with zero attached hydrogens (tertiary/aromatic N) is 3. The molecule has 0 fully saturated rings. The topological polar surface area (TPSA) is 82.9 Å². The minimum Gasteiger partial charge on any atom is -0.477 e. The number of nitriles is 1. The summed E-state index contributed by atoms with van der Waals surface area (Å²) in [4.78, 5) is 8.65. The molecule has 6 nitrogen and oxygen atoms in total. The molecule has 3 aromatic rings. The predicted molar refractivity (Wildman–Crippen MR) is 111 cm³/mol. The fourth-order valence-electron chi connectivity index (χ4n) is 2.56.